The fourth-order valence-corrected chi connectivity index (χ4v) is 1.87. The Balaban J connectivity index is 2.05. The molecule has 0 saturated heterocycles. The normalized spacial score (nSPS) is 10.0. The Labute approximate surface area is 96.1 Å². The highest BCUT2D eigenvalue weighted by atomic mass is 32.1. The number of carboxylic acid groups (broad SMARTS) is 1. The highest BCUT2D eigenvalue weighted by molar-refractivity contribution is 7.12. The summed E-state index contributed by atoms with van der Waals surface area (Å²) in [5.41, 5.74) is 0.769. The Morgan fingerprint density at radius 3 is 3.00 bits per heavy atom. The second-order valence-electron chi connectivity index (χ2n) is 3.03. The van der Waals surface area contributed by atoms with Crippen molar-refractivity contribution in [3.8, 4) is 5.75 Å². The van der Waals surface area contributed by atoms with Gasteiger partial charge in [0.1, 0.15) is 12.4 Å². The molecular weight excluding hydrogens is 226 g/mol. The summed E-state index contributed by atoms with van der Waals surface area (Å²) in [4.78, 5) is 15.1. The van der Waals surface area contributed by atoms with E-state index < -0.39 is 5.97 Å². The molecule has 0 unspecified atom stereocenters. The third kappa shape index (κ3) is 2.38. The number of carboxylic acids is 1. The lowest BCUT2D eigenvalue weighted by Crippen LogP contribution is -2.01. The van der Waals surface area contributed by atoms with Crippen LogP contribution in [0.3, 0.4) is 0 Å². The van der Waals surface area contributed by atoms with Crippen LogP contribution in [0.15, 0.2) is 35.8 Å². The first-order valence-corrected chi connectivity index (χ1v) is 5.49. The Bertz CT molecular complexity index is 481. The molecule has 0 radical (unpaired) electrons. The summed E-state index contributed by atoms with van der Waals surface area (Å²) in [6.07, 6.45) is 1.67. The van der Waals surface area contributed by atoms with E-state index in [0.29, 0.717) is 5.75 Å². The molecule has 0 aromatic carbocycles. The van der Waals surface area contributed by atoms with Gasteiger partial charge >= 0.3 is 5.97 Å². The standard InChI is InChI=1S/C11H9NO3S/c13-11(14)10-9(4-6-16-10)15-7-8-3-1-2-5-12-8/h1-6H,7H2,(H,13,14). The highest BCUT2D eigenvalue weighted by Gasteiger charge is 2.12. The summed E-state index contributed by atoms with van der Waals surface area (Å²) in [5, 5.41) is 10.6. The van der Waals surface area contributed by atoms with Crippen LogP contribution in [0.2, 0.25) is 0 Å². The van der Waals surface area contributed by atoms with Gasteiger partial charge in [-0.2, -0.15) is 0 Å². The number of carbonyl (C=O) groups is 1. The number of hydrogen-bond donors (Lipinski definition) is 1. The molecule has 0 fully saturated rings. The van der Waals surface area contributed by atoms with Gasteiger partial charge in [0.25, 0.3) is 0 Å². The van der Waals surface area contributed by atoms with Crippen LogP contribution >= 0.6 is 11.3 Å². The van der Waals surface area contributed by atoms with E-state index in [2.05, 4.69) is 4.98 Å². The molecule has 4 nitrogen and oxygen atoms in total. The SMILES string of the molecule is O=C(O)c1sccc1OCc1ccccn1. The molecule has 0 amide bonds. The number of nitrogens with zero attached hydrogens (tertiary/aromatic N) is 1. The fraction of sp³-hybridized carbons (Fsp3) is 0.0909. The van der Waals surface area contributed by atoms with Gasteiger partial charge in [-0.05, 0) is 23.6 Å². The largest absolute Gasteiger partial charge is 0.486 e. The second-order valence-corrected chi connectivity index (χ2v) is 3.94. The monoisotopic (exact) mass is 235 g/mol. The lowest BCUT2D eigenvalue weighted by molar-refractivity contribution is 0.0697. The molecule has 2 heterocycles. The molecule has 0 spiro atoms. The molecule has 0 aliphatic heterocycles. The minimum Gasteiger partial charge on any atom is -0.486 e. The van der Waals surface area contributed by atoms with Crippen molar-refractivity contribution < 1.29 is 14.6 Å². The summed E-state index contributed by atoms with van der Waals surface area (Å²) in [5.74, 6) is -0.575. The summed E-state index contributed by atoms with van der Waals surface area (Å²) < 4.78 is 5.39. The van der Waals surface area contributed by atoms with Crippen molar-refractivity contribution in [1.82, 2.24) is 4.98 Å². The van der Waals surface area contributed by atoms with Crippen LogP contribution in [0.5, 0.6) is 5.75 Å². The van der Waals surface area contributed by atoms with Gasteiger partial charge in [-0.25, -0.2) is 4.79 Å². The van der Waals surface area contributed by atoms with Crippen molar-refractivity contribution >= 4 is 17.3 Å². The molecule has 5 heteroatoms. The minimum absolute atomic E-state index is 0.218. The van der Waals surface area contributed by atoms with Crippen molar-refractivity contribution in [3.63, 3.8) is 0 Å². The average molecular weight is 235 g/mol. The molecule has 1 N–H and O–H groups in total. The van der Waals surface area contributed by atoms with E-state index in [0.717, 1.165) is 17.0 Å². The van der Waals surface area contributed by atoms with Gasteiger partial charge in [0, 0.05) is 6.20 Å². The Morgan fingerprint density at radius 1 is 1.44 bits per heavy atom. The Morgan fingerprint density at radius 2 is 2.31 bits per heavy atom. The van der Waals surface area contributed by atoms with Gasteiger partial charge in [0.15, 0.2) is 4.88 Å². The smallest absolute Gasteiger partial charge is 0.349 e. The van der Waals surface area contributed by atoms with E-state index >= 15 is 0 Å². The summed E-state index contributed by atoms with van der Waals surface area (Å²) in [6, 6.07) is 7.15. The van der Waals surface area contributed by atoms with Crippen molar-refractivity contribution in [1.29, 1.82) is 0 Å². The third-order valence-corrected chi connectivity index (χ3v) is 2.81. The second kappa shape index (κ2) is 4.76. The van der Waals surface area contributed by atoms with Gasteiger partial charge in [-0.1, -0.05) is 6.07 Å². The van der Waals surface area contributed by atoms with Gasteiger partial charge in [-0.15, -0.1) is 11.3 Å². The zero-order chi connectivity index (χ0) is 11.4. The van der Waals surface area contributed by atoms with Crippen molar-refractivity contribution in [3.05, 3.63) is 46.4 Å². The number of aromatic nitrogens is 1. The molecule has 2 aromatic heterocycles. The number of aromatic carboxylic acids is 1. The highest BCUT2D eigenvalue weighted by Crippen LogP contribution is 2.25. The van der Waals surface area contributed by atoms with Crippen LogP contribution in [0.1, 0.15) is 15.4 Å². The van der Waals surface area contributed by atoms with Crippen molar-refractivity contribution in [2.75, 3.05) is 0 Å². The quantitative estimate of drug-likeness (QED) is 0.884. The maximum atomic E-state index is 10.8. The van der Waals surface area contributed by atoms with Gasteiger partial charge < -0.3 is 9.84 Å². The zero-order valence-electron chi connectivity index (χ0n) is 8.29. The van der Waals surface area contributed by atoms with E-state index in [9.17, 15) is 4.79 Å². The molecule has 0 aliphatic rings. The average Bonchev–Trinajstić information content (AvgIpc) is 2.76. The molecule has 0 saturated carbocycles. The van der Waals surface area contributed by atoms with Gasteiger partial charge in [0.2, 0.25) is 0 Å². The lowest BCUT2D eigenvalue weighted by Gasteiger charge is -2.04. The van der Waals surface area contributed by atoms with Crippen molar-refractivity contribution in [2.24, 2.45) is 0 Å². The first-order valence-electron chi connectivity index (χ1n) is 4.61. The minimum atomic E-state index is -0.967. The number of pyridine rings is 1. The maximum absolute atomic E-state index is 10.8. The van der Waals surface area contributed by atoms with Crippen LogP contribution in [0, 0.1) is 0 Å². The summed E-state index contributed by atoms with van der Waals surface area (Å²) in [7, 11) is 0. The van der Waals surface area contributed by atoms with E-state index in [1.54, 1.807) is 17.6 Å². The van der Waals surface area contributed by atoms with E-state index in [1.165, 1.54) is 0 Å². The number of thiophene rings is 1. The van der Waals surface area contributed by atoms with Crippen LogP contribution in [-0.2, 0) is 6.61 Å². The molecule has 0 bridgehead atoms. The van der Waals surface area contributed by atoms with Crippen LogP contribution in [0.4, 0.5) is 0 Å². The molecule has 2 aromatic rings. The van der Waals surface area contributed by atoms with Gasteiger partial charge in [-0.3, -0.25) is 4.98 Å². The van der Waals surface area contributed by atoms with Crippen LogP contribution in [-0.4, -0.2) is 16.1 Å². The lowest BCUT2D eigenvalue weighted by atomic mass is 10.4. The molecular formula is C11H9NO3S. The number of rotatable bonds is 4. The summed E-state index contributed by atoms with van der Waals surface area (Å²) in [6.45, 7) is 0.276. The van der Waals surface area contributed by atoms with E-state index in [-0.39, 0.29) is 11.5 Å². The number of ether oxygens (including phenoxy) is 1. The first-order chi connectivity index (χ1) is 7.77. The Kier molecular flexibility index (Phi) is 3.16. The number of hydrogen-bond acceptors (Lipinski definition) is 4. The predicted octanol–water partition coefficient (Wildman–Crippen LogP) is 2.42. The fourth-order valence-electron chi connectivity index (χ4n) is 1.20. The molecule has 82 valence electrons. The van der Waals surface area contributed by atoms with Crippen LogP contribution in [0.25, 0.3) is 0 Å². The topological polar surface area (TPSA) is 59.4 Å². The summed E-state index contributed by atoms with van der Waals surface area (Å²) >= 11 is 1.15. The molecule has 0 aliphatic carbocycles. The molecule has 16 heavy (non-hydrogen) atoms. The zero-order valence-corrected chi connectivity index (χ0v) is 9.11. The van der Waals surface area contributed by atoms with E-state index in [4.69, 9.17) is 9.84 Å². The first kappa shape index (κ1) is 10.6. The Hall–Kier alpha value is -1.88. The predicted molar refractivity (Wildman–Crippen MR) is 59.8 cm³/mol. The third-order valence-electron chi connectivity index (χ3n) is 1.93. The maximum Gasteiger partial charge on any atom is 0.349 e. The molecule has 0 atom stereocenters. The molecule has 2 rings (SSSR count). The van der Waals surface area contributed by atoms with Crippen molar-refractivity contribution in [2.45, 2.75) is 6.61 Å². The van der Waals surface area contributed by atoms with Gasteiger partial charge in [0.05, 0.1) is 5.69 Å². The van der Waals surface area contributed by atoms with Crippen LogP contribution < -0.4 is 4.74 Å². The van der Waals surface area contributed by atoms with E-state index in [1.807, 2.05) is 18.2 Å².